The van der Waals surface area contributed by atoms with Crippen molar-refractivity contribution in [3.05, 3.63) is 54.1 Å². The lowest BCUT2D eigenvalue weighted by atomic mass is 10.2. The van der Waals surface area contributed by atoms with Gasteiger partial charge in [0.15, 0.2) is 0 Å². The van der Waals surface area contributed by atoms with Crippen molar-refractivity contribution in [1.29, 1.82) is 0 Å². The van der Waals surface area contributed by atoms with Crippen LogP contribution in [0.3, 0.4) is 0 Å². The van der Waals surface area contributed by atoms with Crippen LogP contribution in [0.4, 0.5) is 5.69 Å². The summed E-state index contributed by atoms with van der Waals surface area (Å²) in [5.74, 6) is 1.58. The van der Waals surface area contributed by atoms with Crippen LogP contribution in [0.15, 0.2) is 48.5 Å². The highest BCUT2D eigenvalue weighted by molar-refractivity contribution is 5.90. The number of amides is 1. The minimum atomic E-state index is 0.0300. The summed E-state index contributed by atoms with van der Waals surface area (Å²) < 4.78 is 5.75. The number of hydrogen-bond acceptors (Lipinski definition) is 3. The minimum absolute atomic E-state index is 0.0300. The van der Waals surface area contributed by atoms with Crippen LogP contribution in [-0.4, -0.2) is 19.5 Å². The molecule has 4 nitrogen and oxygen atoms in total. The second kappa shape index (κ2) is 8.20. The molecule has 0 fully saturated rings. The highest BCUT2D eigenvalue weighted by Crippen LogP contribution is 2.23. The standard InChI is InChI=1S/C18H22N2O2/c1-14-5-9-16(10-6-14)22-17-11-7-15(8-12-17)20-18(21)4-3-13-19-2/h5-12,19H,3-4,13H2,1-2H3,(H,20,21). The van der Waals surface area contributed by atoms with Gasteiger partial charge in [0, 0.05) is 12.1 Å². The summed E-state index contributed by atoms with van der Waals surface area (Å²) in [5.41, 5.74) is 1.98. The van der Waals surface area contributed by atoms with Gasteiger partial charge in [-0.25, -0.2) is 0 Å². The van der Waals surface area contributed by atoms with Gasteiger partial charge in [0.05, 0.1) is 0 Å². The van der Waals surface area contributed by atoms with Gasteiger partial charge < -0.3 is 15.4 Å². The quantitative estimate of drug-likeness (QED) is 0.766. The van der Waals surface area contributed by atoms with Crippen molar-refractivity contribution in [2.24, 2.45) is 0 Å². The smallest absolute Gasteiger partial charge is 0.224 e. The van der Waals surface area contributed by atoms with E-state index in [1.807, 2.05) is 62.5 Å². The molecular formula is C18H22N2O2. The Morgan fingerprint density at radius 2 is 1.59 bits per heavy atom. The molecular weight excluding hydrogens is 276 g/mol. The van der Waals surface area contributed by atoms with E-state index in [0.717, 1.165) is 30.2 Å². The number of carbonyl (C=O) groups is 1. The molecule has 0 aliphatic heterocycles. The number of hydrogen-bond donors (Lipinski definition) is 2. The summed E-state index contributed by atoms with van der Waals surface area (Å²) in [7, 11) is 1.88. The molecule has 2 aromatic carbocycles. The van der Waals surface area contributed by atoms with E-state index in [2.05, 4.69) is 10.6 Å². The van der Waals surface area contributed by atoms with Gasteiger partial charge in [0.2, 0.25) is 5.91 Å². The normalized spacial score (nSPS) is 10.3. The van der Waals surface area contributed by atoms with E-state index in [4.69, 9.17) is 4.74 Å². The van der Waals surface area contributed by atoms with Gasteiger partial charge in [-0.1, -0.05) is 17.7 Å². The van der Waals surface area contributed by atoms with E-state index in [1.165, 1.54) is 5.56 Å². The Labute approximate surface area is 131 Å². The van der Waals surface area contributed by atoms with E-state index < -0.39 is 0 Å². The van der Waals surface area contributed by atoms with Crippen molar-refractivity contribution in [3.8, 4) is 11.5 Å². The summed E-state index contributed by atoms with van der Waals surface area (Å²) in [6.45, 7) is 2.88. The third-order valence-electron chi connectivity index (χ3n) is 3.23. The molecule has 0 heterocycles. The molecule has 116 valence electrons. The number of anilines is 1. The molecule has 0 aliphatic carbocycles. The average Bonchev–Trinajstić information content (AvgIpc) is 2.52. The predicted molar refractivity (Wildman–Crippen MR) is 89.5 cm³/mol. The van der Waals surface area contributed by atoms with E-state index in [-0.39, 0.29) is 5.91 Å². The third kappa shape index (κ3) is 5.22. The molecule has 1 amide bonds. The van der Waals surface area contributed by atoms with Crippen molar-refractivity contribution < 1.29 is 9.53 Å². The van der Waals surface area contributed by atoms with Gasteiger partial charge >= 0.3 is 0 Å². The topological polar surface area (TPSA) is 50.4 Å². The molecule has 0 aliphatic rings. The summed E-state index contributed by atoms with van der Waals surface area (Å²) in [5, 5.41) is 5.90. The number of nitrogens with one attached hydrogen (secondary N) is 2. The second-order valence-electron chi connectivity index (χ2n) is 5.19. The SMILES string of the molecule is CNCCCC(=O)Nc1ccc(Oc2ccc(C)cc2)cc1. The summed E-state index contributed by atoms with van der Waals surface area (Å²) in [6, 6.07) is 15.3. The molecule has 22 heavy (non-hydrogen) atoms. The second-order valence-corrected chi connectivity index (χ2v) is 5.19. The first-order valence-electron chi connectivity index (χ1n) is 7.46. The lowest BCUT2D eigenvalue weighted by molar-refractivity contribution is -0.116. The molecule has 2 rings (SSSR count). The van der Waals surface area contributed by atoms with Crippen LogP contribution in [0.25, 0.3) is 0 Å². The zero-order valence-electron chi connectivity index (χ0n) is 13.1. The molecule has 4 heteroatoms. The number of rotatable bonds is 7. The average molecular weight is 298 g/mol. The summed E-state index contributed by atoms with van der Waals surface area (Å²) >= 11 is 0. The Hall–Kier alpha value is -2.33. The van der Waals surface area contributed by atoms with Crippen LogP contribution in [0.1, 0.15) is 18.4 Å². The summed E-state index contributed by atoms with van der Waals surface area (Å²) in [6.07, 6.45) is 1.35. The minimum Gasteiger partial charge on any atom is -0.457 e. The highest BCUT2D eigenvalue weighted by Gasteiger charge is 2.03. The van der Waals surface area contributed by atoms with Crippen molar-refractivity contribution in [1.82, 2.24) is 5.32 Å². The number of aryl methyl sites for hydroxylation is 1. The van der Waals surface area contributed by atoms with Crippen LogP contribution in [-0.2, 0) is 4.79 Å². The largest absolute Gasteiger partial charge is 0.457 e. The van der Waals surface area contributed by atoms with Crippen LogP contribution in [0.5, 0.6) is 11.5 Å². The maximum Gasteiger partial charge on any atom is 0.224 e. The van der Waals surface area contributed by atoms with Crippen LogP contribution in [0.2, 0.25) is 0 Å². The van der Waals surface area contributed by atoms with Crippen molar-refractivity contribution >= 4 is 11.6 Å². The fraction of sp³-hybridized carbons (Fsp3) is 0.278. The van der Waals surface area contributed by atoms with Gasteiger partial charge in [0.1, 0.15) is 11.5 Å². The Kier molecular flexibility index (Phi) is 5.98. The Bertz CT molecular complexity index is 591. The van der Waals surface area contributed by atoms with E-state index in [1.54, 1.807) is 0 Å². The molecule has 0 saturated heterocycles. The Balaban J connectivity index is 1.87. The zero-order valence-corrected chi connectivity index (χ0v) is 13.1. The first-order valence-corrected chi connectivity index (χ1v) is 7.46. The van der Waals surface area contributed by atoms with Gasteiger partial charge in [-0.2, -0.15) is 0 Å². The molecule has 0 radical (unpaired) electrons. The first kappa shape index (κ1) is 16.0. The lowest BCUT2D eigenvalue weighted by Crippen LogP contribution is -2.15. The fourth-order valence-corrected chi connectivity index (χ4v) is 2.00. The Morgan fingerprint density at radius 1 is 1.00 bits per heavy atom. The van der Waals surface area contributed by atoms with Crippen molar-refractivity contribution in [3.63, 3.8) is 0 Å². The zero-order chi connectivity index (χ0) is 15.8. The number of carbonyl (C=O) groups excluding carboxylic acids is 1. The van der Waals surface area contributed by atoms with Crippen LogP contribution >= 0.6 is 0 Å². The molecule has 0 atom stereocenters. The van der Waals surface area contributed by atoms with Gasteiger partial charge in [0.25, 0.3) is 0 Å². The van der Waals surface area contributed by atoms with Crippen molar-refractivity contribution in [2.45, 2.75) is 19.8 Å². The first-order chi connectivity index (χ1) is 10.7. The van der Waals surface area contributed by atoms with Crippen LogP contribution in [0, 0.1) is 6.92 Å². The highest BCUT2D eigenvalue weighted by atomic mass is 16.5. The van der Waals surface area contributed by atoms with E-state index in [9.17, 15) is 4.79 Å². The molecule has 0 saturated carbocycles. The Morgan fingerprint density at radius 3 is 2.18 bits per heavy atom. The molecule has 0 aromatic heterocycles. The monoisotopic (exact) mass is 298 g/mol. The fourth-order valence-electron chi connectivity index (χ4n) is 2.00. The number of ether oxygens (including phenoxy) is 1. The van der Waals surface area contributed by atoms with Gasteiger partial charge in [-0.3, -0.25) is 4.79 Å². The predicted octanol–water partition coefficient (Wildman–Crippen LogP) is 3.73. The van der Waals surface area contributed by atoms with Crippen LogP contribution < -0.4 is 15.4 Å². The van der Waals surface area contributed by atoms with Gasteiger partial charge in [-0.15, -0.1) is 0 Å². The lowest BCUT2D eigenvalue weighted by Gasteiger charge is -2.08. The van der Waals surface area contributed by atoms with E-state index >= 15 is 0 Å². The summed E-state index contributed by atoms with van der Waals surface area (Å²) in [4.78, 5) is 11.7. The molecule has 0 unspecified atom stereocenters. The van der Waals surface area contributed by atoms with Gasteiger partial charge in [-0.05, 0) is 63.3 Å². The molecule has 0 spiro atoms. The van der Waals surface area contributed by atoms with Crippen molar-refractivity contribution in [2.75, 3.05) is 18.9 Å². The molecule has 2 aromatic rings. The maximum atomic E-state index is 11.7. The third-order valence-corrected chi connectivity index (χ3v) is 3.23. The van der Waals surface area contributed by atoms with E-state index in [0.29, 0.717) is 6.42 Å². The number of benzene rings is 2. The maximum absolute atomic E-state index is 11.7. The molecule has 0 bridgehead atoms. The molecule has 2 N–H and O–H groups in total.